The number of aromatic nitrogens is 2. The van der Waals surface area contributed by atoms with E-state index in [9.17, 15) is 0 Å². The average molecular weight is 272 g/mol. The van der Waals surface area contributed by atoms with E-state index in [-0.39, 0.29) is 5.41 Å². The quantitative estimate of drug-likeness (QED) is 0.389. The molecule has 3 N–H and O–H groups in total. The summed E-state index contributed by atoms with van der Waals surface area (Å²) < 4.78 is 2.19. The summed E-state index contributed by atoms with van der Waals surface area (Å²) >= 11 is 0. The Labute approximate surface area is 118 Å². The lowest BCUT2D eigenvalue weighted by Crippen LogP contribution is -2.21. The molecule has 1 aromatic heterocycles. The molecular formula is C15H20N4O. The first-order valence-corrected chi connectivity index (χ1v) is 6.91. The third-order valence-electron chi connectivity index (χ3n) is 4.38. The Kier molecular flexibility index (Phi) is 2.92. The molecule has 0 aliphatic heterocycles. The van der Waals surface area contributed by atoms with Gasteiger partial charge in [-0.05, 0) is 55.4 Å². The summed E-state index contributed by atoms with van der Waals surface area (Å²) in [5, 5.41) is 11.8. The average Bonchev–Trinajstić information content (AvgIpc) is 3.07. The second-order valence-corrected chi connectivity index (χ2v) is 6.07. The largest absolute Gasteiger partial charge is 0.409 e. The number of amidine groups is 1. The molecule has 20 heavy (non-hydrogen) atoms. The zero-order valence-corrected chi connectivity index (χ0v) is 11.9. The highest BCUT2D eigenvalue weighted by Gasteiger charge is 2.43. The first-order chi connectivity index (χ1) is 9.53. The van der Waals surface area contributed by atoms with E-state index < -0.39 is 0 Å². The molecule has 0 unspecified atom stereocenters. The van der Waals surface area contributed by atoms with Gasteiger partial charge in [-0.1, -0.05) is 5.16 Å². The maximum atomic E-state index is 8.73. The number of hydrogen-bond acceptors (Lipinski definition) is 3. The van der Waals surface area contributed by atoms with Crippen LogP contribution in [0.5, 0.6) is 0 Å². The van der Waals surface area contributed by atoms with Crippen molar-refractivity contribution in [3.63, 3.8) is 0 Å². The molecule has 0 spiro atoms. The SMILES string of the molecule is Cc1cc2ncn(CC3(CC(N)=NO)CC3)c2cc1C. The van der Waals surface area contributed by atoms with Crippen molar-refractivity contribution in [3.8, 4) is 0 Å². The summed E-state index contributed by atoms with van der Waals surface area (Å²) in [6, 6.07) is 4.32. The number of oxime groups is 1. The minimum atomic E-state index is 0.142. The Bertz CT molecular complexity index is 682. The zero-order valence-electron chi connectivity index (χ0n) is 11.9. The Morgan fingerprint density at radius 3 is 2.75 bits per heavy atom. The van der Waals surface area contributed by atoms with Crippen LogP contribution in [0.3, 0.4) is 0 Å². The summed E-state index contributed by atoms with van der Waals surface area (Å²) in [4.78, 5) is 4.48. The molecule has 5 nitrogen and oxygen atoms in total. The fourth-order valence-corrected chi connectivity index (χ4v) is 2.79. The number of aryl methyl sites for hydroxylation is 2. The number of hydrogen-bond donors (Lipinski definition) is 2. The number of benzene rings is 1. The number of nitrogens with zero attached hydrogens (tertiary/aromatic N) is 3. The van der Waals surface area contributed by atoms with E-state index >= 15 is 0 Å². The number of fused-ring (bicyclic) bond motifs is 1. The van der Waals surface area contributed by atoms with E-state index in [2.05, 4.69) is 40.7 Å². The van der Waals surface area contributed by atoms with Crippen LogP contribution in [0, 0.1) is 19.3 Å². The van der Waals surface area contributed by atoms with Crippen molar-refractivity contribution in [2.45, 2.75) is 39.7 Å². The molecule has 1 aliphatic carbocycles. The lowest BCUT2D eigenvalue weighted by molar-refractivity contribution is 0.313. The summed E-state index contributed by atoms with van der Waals surface area (Å²) in [5.41, 5.74) is 10.5. The highest BCUT2D eigenvalue weighted by atomic mass is 16.4. The molecule has 0 saturated heterocycles. The molecule has 1 aliphatic rings. The molecule has 0 amide bonds. The Morgan fingerprint density at radius 2 is 2.10 bits per heavy atom. The summed E-state index contributed by atoms with van der Waals surface area (Å²) in [5.74, 6) is 0.318. The van der Waals surface area contributed by atoms with Crippen molar-refractivity contribution in [3.05, 3.63) is 29.6 Å². The van der Waals surface area contributed by atoms with E-state index in [0.29, 0.717) is 12.3 Å². The Morgan fingerprint density at radius 1 is 1.40 bits per heavy atom. The summed E-state index contributed by atoms with van der Waals surface area (Å²) in [6.07, 6.45) is 4.78. The smallest absolute Gasteiger partial charge is 0.139 e. The van der Waals surface area contributed by atoms with Crippen LogP contribution in [-0.2, 0) is 6.54 Å². The van der Waals surface area contributed by atoms with Crippen molar-refractivity contribution in [2.75, 3.05) is 0 Å². The van der Waals surface area contributed by atoms with E-state index in [0.717, 1.165) is 24.9 Å². The second kappa shape index (κ2) is 4.51. The molecular weight excluding hydrogens is 252 g/mol. The third-order valence-corrected chi connectivity index (χ3v) is 4.38. The number of rotatable bonds is 4. The van der Waals surface area contributed by atoms with Gasteiger partial charge in [-0.25, -0.2) is 4.98 Å². The van der Waals surface area contributed by atoms with E-state index in [1.54, 1.807) is 0 Å². The van der Waals surface area contributed by atoms with Gasteiger partial charge in [0.25, 0.3) is 0 Å². The van der Waals surface area contributed by atoms with E-state index in [4.69, 9.17) is 10.9 Å². The predicted molar refractivity (Wildman–Crippen MR) is 78.9 cm³/mol. The van der Waals surface area contributed by atoms with Crippen LogP contribution in [0.2, 0.25) is 0 Å². The van der Waals surface area contributed by atoms with Gasteiger partial charge in [-0.2, -0.15) is 0 Å². The molecule has 0 radical (unpaired) electrons. The van der Waals surface area contributed by atoms with Crippen LogP contribution in [0.1, 0.15) is 30.4 Å². The van der Waals surface area contributed by atoms with Gasteiger partial charge in [0.15, 0.2) is 0 Å². The molecule has 3 rings (SSSR count). The Balaban J connectivity index is 1.90. The molecule has 0 bridgehead atoms. The first kappa shape index (κ1) is 13.0. The lowest BCUT2D eigenvalue weighted by Gasteiger charge is -2.15. The van der Waals surface area contributed by atoms with Crippen molar-refractivity contribution in [1.82, 2.24) is 9.55 Å². The van der Waals surface area contributed by atoms with Crippen molar-refractivity contribution >= 4 is 16.9 Å². The standard InChI is InChI=1S/C15H20N4O/c1-10-5-12-13(6-11(10)2)19(9-17-12)8-15(3-4-15)7-14(16)18-20/h5-6,9,20H,3-4,7-8H2,1-2H3,(H2,16,18). The maximum absolute atomic E-state index is 8.73. The molecule has 1 saturated carbocycles. The molecule has 0 atom stereocenters. The normalized spacial score (nSPS) is 17.6. The van der Waals surface area contributed by atoms with Crippen molar-refractivity contribution < 1.29 is 5.21 Å². The predicted octanol–water partition coefficient (Wildman–Crippen LogP) is 2.57. The highest BCUT2D eigenvalue weighted by Crippen LogP contribution is 2.50. The minimum absolute atomic E-state index is 0.142. The van der Waals surface area contributed by atoms with Crippen LogP contribution in [0.4, 0.5) is 0 Å². The molecule has 1 fully saturated rings. The van der Waals surface area contributed by atoms with Crippen LogP contribution in [0.25, 0.3) is 11.0 Å². The molecule has 1 heterocycles. The number of nitrogens with two attached hydrogens (primary N) is 1. The van der Waals surface area contributed by atoms with Crippen molar-refractivity contribution in [1.29, 1.82) is 0 Å². The zero-order chi connectivity index (χ0) is 14.3. The van der Waals surface area contributed by atoms with E-state index in [1.807, 2.05) is 6.33 Å². The van der Waals surface area contributed by atoms with Gasteiger partial charge in [0.1, 0.15) is 5.84 Å². The lowest BCUT2D eigenvalue weighted by atomic mass is 10.0. The molecule has 106 valence electrons. The van der Waals surface area contributed by atoms with Gasteiger partial charge < -0.3 is 15.5 Å². The van der Waals surface area contributed by atoms with Crippen LogP contribution in [0.15, 0.2) is 23.6 Å². The third kappa shape index (κ3) is 2.24. The fraction of sp³-hybridized carbons (Fsp3) is 0.467. The van der Waals surface area contributed by atoms with Gasteiger partial charge in [0.05, 0.1) is 17.4 Å². The van der Waals surface area contributed by atoms with Crippen LogP contribution in [-0.4, -0.2) is 20.6 Å². The molecule has 5 heteroatoms. The van der Waals surface area contributed by atoms with Gasteiger partial charge in [-0.3, -0.25) is 0 Å². The van der Waals surface area contributed by atoms with Gasteiger partial charge in [0.2, 0.25) is 0 Å². The van der Waals surface area contributed by atoms with Gasteiger partial charge in [-0.15, -0.1) is 0 Å². The Hall–Kier alpha value is -2.04. The van der Waals surface area contributed by atoms with Gasteiger partial charge >= 0.3 is 0 Å². The summed E-state index contributed by atoms with van der Waals surface area (Å²) in [7, 11) is 0. The molecule has 2 aromatic rings. The van der Waals surface area contributed by atoms with Crippen LogP contribution >= 0.6 is 0 Å². The monoisotopic (exact) mass is 272 g/mol. The fourth-order valence-electron chi connectivity index (χ4n) is 2.79. The van der Waals surface area contributed by atoms with E-state index in [1.165, 1.54) is 16.6 Å². The van der Waals surface area contributed by atoms with Crippen LogP contribution < -0.4 is 5.73 Å². The summed E-state index contributed by atoms with van der Waals surface area (Å²) in [6.45, 7) is 5.10. The topological polar surface area (TPSA) is 76.4 Å². The second-order valence-electron chi connectivity index (χ2n) is 6.07. The first-order valence-electron chi connectivity index (χ1n) is 6.91. The number of imidazole rings is 1. The minimum Gasteiger partial charge on any atom is -0.409 e. The van der Waals surface area contributed by atoms with Crippen molar-refractivity contribution in [2.24, 2.45) is 16.3 Å². The highest BCUT2D eigenvalue weighted by molar-refractivity contribution is 5.81. The molecule has 1 aromatic carbocycles. The van der Waals surface area contributed by atoms with Gasteiger partial charge in [0, 0.05) is 13.0 Å². The maximum Gasteiger partial charge on any atom is 0.139 e.